The molecule has 1 aliphatic rings. The molecule has 7 heteroatoms. The molecule has 1 heterocycles. The Morgan fingerprint density at radius 1 is 0.968 bits per heavy atom. The molecule has 0 saturated heterocycles. The molecule has 0 saturated carbocycles. The number of benzene rings is 3. The minimum Gasteiger partial charge on any atom is -0.497 e. The van der Waals surface area contributed by atoms with Crippen molar-refractivity contribution in [1.29, 1.82) is 0 Å². The molecule has 0 N–H and O–H groups in total. The Balaban J connectivity index is 1.47. The number of hydrogen-bond acceptors (Lipinski definition) is 6. The highest BCUT2D eigenvalue weighted by atomic mass is 19.1. The predicted molar refractivity (Wildman–Crippen MR) is 111 cm³/mol. The summed E-state index contributed by atoms with van der Waals surface area (Å²) < 4.78 is 29.4. The lowest BCUT2D eigenvalue weighted by molar-refractivity contribution is -0.129. The molecule has 0 radical (unpaired) electrons. The molecule has 3 aromatic carbocycles. The van der Waals surface area contributed by atoms with Crippen molar-refractivity contribution in [1.82, 2.24) is 0 Å². The van der Waals surface area contributed by atoms with E-state index < -0.39 is 17.8 Å². The van der Waals surface area contributed by atoms with Gasteiger partial charge in [0.2, 0.25) is 5.90 Å². The topological polar surface area (TPSA) is 74.2 Å². The van der Waals surface area contributed by atoms with Crippen LogP contribution in [0.25, 0.3) is 6.08 Å². The Morgan fingerprint density at radius 3 is 2.32 bits per heavy atom. The zero-order valence-electron chi connectivity index (χ0n) is 16.4. The fourth-order valence-corrected chi connectivity index (χ4v) is 2.84. The molecule has 154 valence electrons. The molecule has 0 fully saturated rings. The molecule has 0 amide bonds. The number of methoxy groups -OCH3 is 1. The Kier molecular flexibility index (Phi) is 5.57. The molecule has 6 nitrogen and oxygen atoms in total. The van der Waals surface area contributed by atoms with E-state index in [2.05, 4.69) is 4.99 Å². The van der Waals surface area contributed by atoms with Crippen LogP contribution in [0.5, 0.6) is 11.5 Å². The van der Waals surface area contributed by atoms with Gasteiger partial charge in [0.25, 0.3) is 0 Å². The van der Waals surface area contributed by atoms with Crippen molar-refractivity contribution in [3.8, 4) is 11.5 Å². The van der Waals surface area contributed by atoms with Gasteiger partial charge in [0.1, 0.15) is 17.3 Å². The standard InChI is InChI=1S/C24H16FNO5/c1-29-17-12-8-16(9-13-17)23(27)30-18-10-6-15(7-11-18)14-21-24(28)31-22(26-21)19-4-2-3-5-20(19)25/h2-14H,1H3/b21-14-. The second kappa shape index (κ2) is 8.62. The fourth-order valence-electron chi connectivity index (χ4n) is 2.84. The van der Waals surface area contributed by atoms with Crippen molar-refractivity contribution in [2.75, 3.05) is 7.11 Å². The van der Waals surface area contributed by atoms with E-state index in [1.165, 1.54) is 24.3 Å². The summed E-state index contributed by atoms with van der Waals surface area (Å²) in [6, 6.07) is 19.0. The zero-order chi connectivity index (χ0) is 21.8. The predicted octanol–water partition coefficient (Wildman–Crippen LogP) is 4.40. The van der Waals surface area contributed by atoms with Crippen LogP contribution in [-0.4, -0.2) is 24.9 Å². The Morgan fingerprint density at radius 2 is 1.65 bits per heavy atom. The van der Waals surface area contributed by atoms with Crippen molar-refractivity contribution < 1.29 is 28.2 Å². The van der Waals surface area contributed by atoms with Crippen LogP contribution in [0.1, 0.15) is 21.5 Å². The second-order valence-corrected chi connectivity index (χ2v) is 6.50. The maximum Gasteiger partial charge on any atom is 0.363 e. The number of halogens is 1. The van der Waals surface area contributed by atoms with E-state index in [1.807, 2.05) is 0 Å². The van der Waals surface area contributed by atoms with Crippen LogP contribution in [0.4, 0.5) is 4.39 Å². The number of carbonyl (C=O) groups is 2. The molecule has 0 aromatic heterocycles. The minimum atomic E-state index is -0.673. The number of cyclic esters (lactones) is 1. The van der Waals surface area contributed by atoms with Gasteiger partial charge in [-0.05, 0) is 60.2 Å². The first-order valence-corrected chi connectivity index (χ1v) is 9.27. The van der Waals surface area contributed by atoms with Crippen molar-refractivity contribution in [2.24, 2.45) is 4.99 Å². The van der Waals surface area contributed by atoms with E-state index in [4.69, 9.17) is 14.2 Å². The maximum absolute atomic E-state index is 13.9. The van der Waals surface area contributed by atoms with Crippen LogP contribution in [0, 0.1) is 5.82 Å². The van der Waals surface area contributed by atoms with Gasteiger partial charge in [-0.2, -0.15) is 0 Å². The Hall–Kier alpha value is -4.26. The lowest BCUT2D eigenvalue weighted by atomic mass is 10.2. The van der Waals surface area contributed by atoms with E-state index in [0.717, 1.165) is 0 Å². The first-order valence-electron chi connectivity index (χ1n) is 9.27. The van der Waals surface area contributed by atoms with Crippen LogP contribution in [0.15, 0.2) is 83.5 Å². The van der Waals surface area contributed by atoms with Gasteiger partial charge < -0.3 is 14.2 Å². The van der Waals surface area contributed by atoms with E-state index in [9.17, 15) is 14.0 Å². The number of rotatable bonds is 5. The number of nitrogens with zero attached hydrogens (tertiary/aromatic N) is 1. The van der Waals surface area contributed by atoms with Crippen LogP contribution in [0.3, 0.4) is 0 Å². The highest BCUT2D eigenvalue weighted by Crippen LogP contribution is 2.22. The van der Waals surface area contributed by atoms with Crippen molar-refractivity contribution in [3.63, 3.8) is 0 Å². The lowest BCUT2D eigenvalue weighted by Crippen LogP contribution is -2.08. The van der Waals surface area contributed by atoms with Crippen LogP contribution < -0.4 is 9.47 Å². The highest BCUT2D eigenvalue weighted by molar-refractivity contribution is 6.12. The molecule has 31 heavy (non-hydrogen) atoms. The van der Waals surface area contributed by atoms with Gasteiger partial charge in [0.05, 0.1) is 18.2 Å². The smallest absolute Gasteiger partial charge is 0.363 e. The van der Waals surface area contributed by atoms with E-state index in [0.29, 0.717) is 22.6 Å². The average Bonchev–Trinajstić information content (AvgIpc) is 3.15. The molecule has 0 unspecified atom stereocenters. The van der Waals surface area contributed by atoms with E-state index in [1.54, 1.807) is 61.7 Å². The quantitative estimate of drug-likeness (QED) is 0.350. The SMILES string of the molecule is COc1ccc(C(=O)Oc2ccc(/C=C3\N=C(c4ccccc4F)OC3=O)cc2)cc1. The van der Waals surface area contributed by atoms with Gasteiger partial charge >= 0.3 is 11.9 Å². The van der Waals surface area contributed by atoms with E-state index >= 15 is 0 Å². The summed E-state index contributed by atoms with van der Waals surface area (Å²) in [5, 5.41) is 0. The maximum atomic E-state index is 13.9. The van der Waals surface area contributed by atoms with Gasteiger partial charge in [-0.15, -0.1) is 0 Å². The molecule has 4 rings (SSSR count). The minimum absolute atomic E-state index is 0.0428. The first kappa shape index (κ1) is 20.0. The first-order chi connectivity index (χ1) is 15.0. The normalized spacial score (nSPS) is 14.2. The summed E-state index contributed by atoms with van der Waals surface area (Å²) in [7, 11) is 1.54. The zero-order valence-corrected chi connectivity index (χ0v) is 16.4. The van der Waals surface area contributed by atoms with Gasteiger partial charge in [0, 0.05) is 0 Å². The highest BCUT2D eigenvalue weighted by Gasteiger charge is 2.25. The second-order valence-electron chi connectivity index (χ2n) is 6.50. The summed E-state index contributed by atoms with van der Waals surface area (Å²) in [5.41, 5.74) is 1.17. The third-order valence-corrected chi connectivity index (χ3v) is 4.44. The molecular weight excluding hydrogens is 401 g/mol. The number of aliphatic imine (C=N–C) groups is 1. The molecular formula is C24H16FNO5. The fraction of sp³-hybridized carbons (Fsp3) is 0.0417. The van der Waals surface area contributed by atoms with E-state index in [-0.39, 0.29) is 17.2 Å². The largest absolute Gasteiger partial charge is 0.497 e. The summed E-state index contributed by atoms with van der Waals surface area (Å²) in [4.78, 5) is 28.4. The summed E-state index contributed by atoms with van der Waals surface area (Å²) in [5.74, 6) is -0.814. The number of ether oxygens (including phenoxy) is 3. The molecule has 0 spiro atoms. The third kappa shape index (κ3) is 4.51. The van der Waals surface area contributed by atoms with Crippen molar-refractivity contribution >= 4 is 23.9 Å². The third-order valence-electron chi connectivity index (χ3n) is 4.44. The van der Waals surface area contributed by atoms with Gasteiger partial charge in [-0.3, -0.25) is 0 Å². The molecule has 1 aliphatic heterocycles. The van der Waals surface area contributed by atoms with Crippen LogP contribution >= 0.6 is 0 Å². The van der Waals surface area contributed by atoms with Gasteiger partial charge in [-0.1, -0.05) is 24.3 Å². The number of carbonyl (C=O) groups excluding carboxylic acids is 2. The average molecular weight is 417 g/mol. The molecule has 0 aliphatic carbocycles. The lowest BCUT2D eigenvalue weighted by Gasteiger charge is -2.05. The summed E-state index contributed by atoms with van der Waals surface area (Å²) in [6.45, 7) is 0. The van der Waals surface area contributed by atoms with Gasteiger partial charge in [0.15, 0.2) is 5.70 Å². The summed E-state index contributed by atoms with van der Waals surface area (Å²) in [6.07, 6.45) is 1.51. The Labute approximate surface area is 177 Å². The van der Waals surface area contributed by atoms with Crippen molar-refractivity contribution in [2.45, 2.75) is 0 Å². The van der Waals surface area contributed by atoms with Crippen LogP contribution in [-0.2, 0) is 9.53 Å². The molecule has 0 bridgehead atoms. The van der Waals surface area contributed by atoms with Crippen LogP contribution in [0.2, 0.25) is 0 Å². The number of esters is 2. The molecule has 3 aromatic rings. The van der Waals surface area contributed by atoms with Gasteiger partial charge in [-0.25, -0.2) is 19.0 Å². The monoisotopic (exact) mass is 417 g/mol. The Bertz CT molecular complexity index is 1200. The van der Waals surface area contributed by atoms with Crippen molar-refractivity contribution in [3.05, 3.63) is 101 Å². The summed E-state index contributed by atoms with van der Waals surface area (Å²) >= 11 is 0. The number of hydrogen-bond donors (Lipinski definition) is 0. The molecule has 0 atom stereocenters.